The Hall–Kier alpha value is -1.71. The maximum Gasteiger partial charge on any atom is 0.164 e. The van der Waals surface area contributed by atoms with Gasteiger partial charge in [-0.15, -0.1) is 0 Å². The molecule has 0 fully saturated rings. The molecular formula is C18H18BrNO. The van der Waals surface area contributed by atoms with Gasteiger partial charge in [-0.1, -0.05) is 58.4 Å². The average molecular weight is 344 g/mol. The Labute approximate surface area is 134 Å². The van der Waals surface area contributed by atoms with Crippen molar-refractivity contribution in [2.24, 2.45) is 0 Å². The van der Waals surface area contributed by atoms with Crippen LogP contribution >= 0.6 is 15.9 Å². The lowest BCUT2D eigenvalue weighted by Gasteiger charge is -2.08. The molecule has 2 aromatic rings. The summed E-state index contributed by atoms with van der Waals surface area (Å²) in [5, 5.41) is 3.02. The number of Topliss-reactive ketones (excluding diaryl/α,β-unsaturated/α-hetero) is 1. The van der Waals surface area contributed by atoms with Gasteiger partial charge < -0.3 is 5.32 Å². The predicted octanol–water partition coefficient (Wildman–Crippen LogP) is 4.17. The molecule has 0 radical (unpaired) electrons. The normalized spacial score (nSPS) is 11.4. The van der Waals surface area contributed by atoms with Crippen LogP contribution in [-0.2, 0) is 4.79 Å². The number of allylic oxidation sites excluding steroid dienone is 1. The number of carbonyl (C=O) groups excluding carboxylic acids is 1. The first-order valence-electron chi connectivity index (χ1n) is 6.91. The van der Waals surface area contributed by atoms with Gasteiger partial charge in [0.1, 0.15) is 0 Å². The number of ketones is 1. The van der Waals surface area contributed by atoms with Crippen LogP contribution in [-0.4, -0.2) is 19.4 Å². The van der Waals surface area contributed by atoms with E-state index in [0.29, 0.717) is 13.0 Å². The van der Waals surface area contributed by atoms with Crippen LogP contribution < -0.4 is 5.32 Å². The monoisotopic (exact) mass is 343 g/mol. The summed E-state index contributed by atoms with van der Waals surface area (Å²) in [4.78, 5) is 12.5. The van der Waals surface area contributed by atoms with Gasteiger partial charge in [0.15, 0.2) is 5.78 Å². The fourth-order valence-corrected chi connectivity index (χ4v) is 2.31. The minimum absolute atomic E-state index is 0.151. The van der Waals surface area contributed by atoms with E-state index in [1.54, 1.807) is 0 Å². The van der Waals surface area contributed by atoms with Gasteiger partial charge in [0.2, 0.25) is 0 Å². The van der Waals surface area contributed by atoms with E-state index in [1.807, 2.05) is 67.7 Å². The Morgan fingerprint density at radius 2 is 1.76 bits per heavy atom. The van der Waals surface area contributed by atoms with E-state index in [4.69, 9.17) is 0 Å². The number of nitrogens with one attached hydrogen (secondary N) is 1. The van der Waals surface area contributed by atoms with Gasteiger partial charge in [-0.05, 0) is 36.4 Å². The minimum atomic E-state index is 0.151. The molecule has 2 rings (SSSR count). The van der Waals surface area contributed by atoms with Crippen molar-refractivity contribution >= 4 is 33.4 Å². The quantitative estimate of drug-likeness (QED) is 0.630. The molecule has 0 atom stereocenters. The molecule has 0 saturated heterocycles. The fraction of sp³-hybridized carbons (Fsp3) is 0.167. The predicted molar refractivity (Wildman–Crippen MR) is 92.0 cm³/mol. The van der Waals surface area contributed by atoms with Crippen LogP contribution in [0.3, 0.4) is 0 Å². The Kier molecular flexibility index (Phi) is 5.90. The fourth-order valence-electron chi connectivity index (χ4n) is 2.04. The molecule has 0 bridgehead atoms. The number of carbonyl (C=O) groups is 1. The van der Waals surface area contributed by atoms with Crippen molar-refractivity contribution in [2.45, 2.75) is 6.42 Å². The molecule has 2 nitrogen and oxygen atoms in total. The zero-order valence-electron chi connectivity index (χ0n) is 12.0. The van der Waals surface area contributed by atoms with Crippen LogP contribution in [0.25, 0.3) is 11.6 Å². The minimum Gasteiger partial charge on any atom is -0.319 e. The third-order valence-electron chi connectivity index (χ3n) is 3.17. The highest BCUT2D eigenvalue weighted by Crippen LogP contribution is 2.21. The third kappa shape index (κ3) is 4.66. The highest BCUT2D eigenvalue weighted by molar-refractivity contribution is 9.10. The Bertz CT molecular complexity index is 617. The molecule has 0 aliphatic heterocycles. The van der Waals surface area contributed by atoms with Crippen LogP contribution in [0.15, 0.2) is 59.1 Å². The van der Waals surface area contributed by atoms with E-state index < -0.39 is 0 Å². The molecule has 108 valence electrons. The van der Waals surface area contributed by atoms with E-state index in [-0.39, 0.29) is 5.78 Å². The lowest BCUT2D eigenvalue weighted by molar-refractivity contribution is -0.113. The largest absolute Gasteiger partial charge is 0.319 e. The summed E-state index contributed by atoms with van der Waals surface area (Å²) in [6.07, 6.45) is 2.45. The molecule has 1 N–H and O–H groups in total. The van der Waals surface area contributed by atoms with Gasteiger partial charge in [0, 0.05) is 23.0 Å². The van der Waals surface area contributed by atoms with Gasteiger partial charge in [-0.2, -0.15) is 0 Å². The molecule has 0 amide bonds. The Balaban J connectivity index is 2.35. The number of benzene rings is 2. The summed E-state index contributed by atoms with van der Waals surface area (Å²) >= 11 is 3.42. The molecule has 3 heteroatoms. The van der Waals surface area contributed by atoms with Crippen molar-refractivity contribution in [3.05, 3.63) is 70.2 Å². The van der Waals surface area contributed by atoms with Gasteiger partial charge in [-0.25, -0.2) is 0 Å². The molecule has 0 aliphatic rings. The first-order valence-corrected chi connectivity index (χ1v) is 7.70. The van der Waals surface area contributed by atoms with Crippen LogP contribution in [0.1, 0.15) is 17.5 Å². The van der Waals surface area contributed by atoms with E-state index in [0.717, 1.165) is 21.2 Å². The maximum atomic E-state index is 12.5. The molecule has 0 saturated carbocycles. The number of halogens is 1. The summed E-state index contributed by atoms with van der Waals surface area (Å²) < 4.78 is 1.03. The van der Waals surface area contributed by atoms with Gasteiger partial charge >= 0.3 is 0 Å². The molecule has 2 aromatic carbocycles. The van der Waals surface area contributed by atoms with Crippen molar-refractivity contribution in [2.75, 3.05) is 13.6 Å². The second-order valence-corrected chi connectivity index (χ2v) is 5.67. The molecule has 0 aliphatic carbocycles. The number of rotatable bonds is 6. The lowest BCUT2D eigenvalue weighted by atomic mass is 9.97. The summed E-state index contributed by atoms with van der Waals surface area (Å²) in [6, 6.07) is 17.8. The van der Waals surface area contributed by atoms with E-state index >= 15 is 0 Å². The van der Waals surface area contributed by atoms with Crippen molar-refractivity contribution in [3.8, 4) is 0 Å². The third-order valence-corrected chi connectivity index (χ3v) is 3.70. The van der Waals surface area contributed by atoms with Crippen LogP contribution in [0, 0.1) is 0 Å². The molecule has 0 aromatic heterocycles. The average Bonchev–Trinajstić information content (AvgIpc) is 2.53. The first-order chi connectivity index (χ1) is 10.2. The van der Waals surface area contributed by atoms with Crippen molar-refractivity contribution < 1.29 is 4.79 Å². The zero-order chi connectivity index (χ0) is 15.1. The standard InChI is InChI=1S/C18H18BrNO/c1-20-12-11-18(21)17(15-5-3-2-4-6-15)13-14-7-9-16(19)10-8-14/h2-10,13,20H,11-12H2,1H3/b17-13-. The maximum absolute atomic E-state index is 12.5. The van der Waals surface area contributed by atoms with Crippen LogP contribution in [0.4, 0.5) is 0 Å². The lowest BCUT2D eigenvalue weighted by Crippen LogP contribution is -2.13. The highest BCUT2D eigenvalue weighted by atomic mass is 79.9. The molecular weight excluding hydrogens is 326 g/mol. The Morgan fingerprint density at radius 3 is 2.38 bits per heavy atom. The second-order valence-electron chi connectivity index (χ2n) is 4.75. The van der Waals surface area contributed by atoms with Crippen LogP contribution in [0.5, 0.6) is 0 Å². The Morgan fingerprint density at radius 1 is 1.10 bits per heavy atom. The first kappa shape index (κ1) is 15.7. The summed E-state index contributed by atoms with van der Waals surface area (Å²) in [7, 11) is 1.86. The van der Waals surface area contributed by atoms with Crippen molar-refractivity contribution in [3.63, 3.8) is 0 Å². The van der Waals surface area contributed by atoms with Crippen LogP contribution in [0.2, 0.25) is 0 Å². The topological polar surface area (TPSA) is 29.1 Å². The van der Waals surface area contributed by atoms with E-state index in [9.17, 15) is 4.79 Å². The molecule has 0 heterocycles. The van der Waals surface area contributed by atoms with E-state index in [2.05, 4.69) is 21.2 Å². The van der Waals surface area contributed by atoms with Crippen molar-refractivity contribution in [1.82, 2.24) is 5.32 Å². The second kappa shape index (κ2) is 7.91. The van der Waals surface area contributed by atoms with Gasteiger partial charge in [-0.3, -0.25) is 4.79 Å². The highest BCUT2D eigenvalue weighted by Gasteiger charge is 2.11. The summed E-state index contributed by atoms with van der Waals surface area (Å²) in [5.41, 5.74) is 2.74. The van der Waals surface area contributed by atoms with Gasteiger partial charge in [0.05, 0.1) is 0 Å². The number of hydrogen-bond acceptors (Lipinski definition) is 2. The smallest absolute Gasteiger partial charge is 0.164 e. The molecule has 0 unspecified atom stereocenters. The summed E-state index contributed by atoms with van der Waals surface area (Å²) in [5.74, 6) is 0.151. The van der Waals surface area contributed by atoms with Gasteiger partial charge in [0.25, 0.3) is 0 Å². The molecule has 21 heavy (non-hydrogen) atoms. The zero-order valence-corrected chi connectivity index (χ0v) is 13.6. The summed E-state index contributed by atoms with van der Waals surface area (Å²) in [6.45, 7) is 0.684. The SMILES string of the molecule is CNCCC(=O)/C(=C\c1ccc(Br)cc1)c1ccccc1. The number of hydrogen-bond donors (Lipinski definition) is 1. The molecule has 0 spiro atoms. The van der Waals surface area contributed by atoms with E-state index in [1.165, 1.54) is 0 Å². The van der Waals surface area contributed by atoms with Crippen molar-refractivity contribution in [1.29, 1.82) is 0 Å².